The van der Waals surface area contributed by atoms with Crippen LogP contribution in [0.25, 0.3) is 11.3 Å². The van der Waals surface area contributed by atoms with E-state index in [1.165, 1.54) is 13.2 Å². The lowest BCUT2D eigenvalue weighted by Gasteiger charge is -2.03. The van der Waals surface area contributed by atoms with Crippen molar-refractivity contribution in [1.29, 1.82) is 0 Å². The third kappa shape index (κ3) is 3.08. The summed E-state index contributed by atoms with van der Waals surface area (Å²) < 4.78 is 20.2. The quantitative estimate of drug-likeness (QED) is 0.669. The maximum absolute atomic E-state index is 11.3. The van der Waals surface area contributed by atoms with Gasteiger partial charge in [-0.05, 0) is 12.1 Å². The van der Waals surface area contributed by atoms with Gasteiger partial charge in [0.25, 0.3) is 5.88 Å². The highest BCUT2D eigenvalue weighted by atomic mass is 16.6. The van der Waals surface area contributed by atoms with E-state index in [1.807, 2.05) is 30.3 Å². The van der Waals surface area contributed by atoms with Crippen molar-refractivity contribution in [3.63, 3.8) is 0 Å². The number of aromatic nitrogens is 2. The second kappa shape index (κ2) is 6.35. The van der Waals surface area contributed by atoms with Gasteiger partial charge in [-0.2, -0.15) is 0 Å². The summed E-state index contributed by atoms with van der Waals surface area (Å²) in [6, 6.07) is 11.0. The van der Waals surface area contributed by atoms with Crippen molar-refractivity contribution in [1.82, 2.24) is 10.3 Å². The molecule has 0 radical (unpaired) electrons. The van der Waals surface area contributed by atoms with Crippen LogP contribution >= 0.6 is 0 Å². The Morgan fingerprint density at radius 1 is 1.17 bits per heavy atom. The maximum atomic E-state index is 11.3. The summed E-state index contributed by atoms with van der Waals surface area (Å²) in [5.74, 6) is 0.205. The first-order chi connectivity index (χ1) is 11.2. The number of benzene rings is 1. The zero-order valence-corrected chi connectivity index (χ0v) is 12.6. The third-order valence-corrected chi connectivity index (χ3v) is 3.27. The van der Waals surface area contributed by atoms with E-state index in [2.05, 4.69) is 15.1 Å². The Balaban J connectivity index is 1.77. The van der Waals surface area contributed by atoms with Gasteiger partial charge >= 0.3 is 5.97 Å². The Hall–Kier alpha value is -3.09. The van der Waals surface area contributed by atoms with Crippen molar-refractivity contribution in [2.75, 3.05) is 7.11 Å². The Morgan fingerprint density at radius 2 is 1.96 bits per heavy atom. The maximum Gasteiger partial charge on any atom is 0.377 e. The standard InChI is InChI=1S/C16H14N2O5/c1-10-12(15(18-22-10)11-6-4-3-5-7-11)9-21-14-8-13(23-17-14)16(19)20-2/h3-8H,9H2,1-2H3. The number of nitrogens with zero attached hydrogens (tertiary/aromatic N) is 2. The summed E-state index contributed by atoms with van der Waals surface area (Å²) >= 11 is 0. The fourth-order valence-electron chi connectivity index (χ4n) is 2.05. The third-order valence-electron chi connectivity index (χ3n) is 3.27. The van der Waals surface area contributed by atoms with Gasteiger partial charge in [-0.1, -0.05) is 35.5 Å². The van der Waals surface area contributed by atoms with E-state index in [1.54, 1.807) is 6.92 Å². The average Bonchev–Trinajstić information content (AvgIpc) is 3.20. The van der Waals surface area contributed by atoms with Gasteiger partial charge in [-0.15, -0.1) is 0 Å². The molecule has 0 aliphatic rings. The lowest BCUT2D eigenvalue weighted by Crippen LogP contribution is -1.99. The molecule has 7 nitrogen and oxygen atoms in total. The van der Waals surface area contributed by atoms with Crippen LogP contribution in [0.15, 0.2) is 45.4 Å². The van der Waals surface area contributed by atoms with Crippen LogP contribution < -0.4 is 4.74 Å². The molecule has 0 aliphatic carbocycles. The van der Waals surface area contributed by atoms with E-state index < -0.39 is 5.97 Å². The molecule has 7 heteroatoms. The van der Waals surface area contributed by atoms with Crippen LogP contribution in [0.3, 0.4) is 0 Å². The molecule has 0 spiro atoms. The lowest BCUT2D eigenvalue weighted by molar-refractivity contribution is 0.0554. The van der Waals surface area contributed by atoms with Crippen LogP contribution in [0.4, 0.5) is 0 Å². The van der Waals surface area contributed by atoms with Crippen LogP contribution in [0.2, 0.25) is 0 Å². The fraction of sp³-hybridized carbons (Fsp3) is 0.188. The second-order valence-corrected chi connectivity index (χ2v) is 4.74. The number of carbonyl (C=O) groups excluding carboxylic acids is 1. The fourth-order valence-corrected chi connectivity index (χ4v) is 2.05. The molecule has 0 N–H and O–H groups in total. The first kappa shape index (κ1) is 14.8. The number of methoxy groups -OCH3 is 1. The topological polar surface area (TPSA) is 87.6 Å². The van der Waals surface area contributed by atoms with Gasteiger partial charge in [-0.25, -0.2) is 4.79 Å². The van der Waals surface area contributed by atoms with Gasteiger partial charge in [-0.3, -0.25) is 0 Å². The van der Waals surface area contributed by atoms with Gasteiger partial charge in [0, 0.05) is 5.56 Å². The normalized spacial score (nSPS) is 10.5. The summed E-state index contributed by atoms with van der Waals surface area (Å²) in [6.07, 6.45) is 0. The molecule has 0 unspecified atom stereocenters. The van der Waals surface area contributed by atoms with E-state index in [4.69, 9.17) is 13.8 Å². The predicted molar refractivity (Wildman–Crippen MR) is 78.9 cm³/mol. The lowest BCUT2D eigenvalue weighted by atomic mass is 10.1. The van der Waals surface area contributed by atoms with Crippen LogP contribution in [0.5, 0.6) is 5.88 Å². The van der Waals surface area contributed by atoms with Crippen molar-refractivity contribution in [2.24, 2.45) is 0 Å². The summed E-state index contributed by atoms with van der Waals surface area (Å²) in [7, 11) is 1.26. The molecule has 0 aliphatic heterocycles. The van der Waals surface area contributed by atoms with E-state index in [9.17, 15) is 4.79 Å². The van der Waals surface area contributed by atoms with Crippen molar-refractivity contribution < 1.29 is 23.3 Å². The van der Waals surface area contributed by atoms with Crippen molar-refractivity contribution >= 4 is 5.97 Å². The van der Waals surface area contributed by atoms with Crippen LogP contribution in [-0.2, 0) is 11.3 Å². The van der Waals surface area contributed by atoms with Gasteiger partial charge in [0.05, 0.1) is 18.7 Å². The Bertz CT molecular complexity index is 807. The van der Waals surface area contributed by atoms with Crippen LogP contribution in [0, 0.1) is 6.92 Å². The summed E-state index contributed by atoms with van der Waals surface area (Å²) in [5.41, 5.74) is 2.44. The van der Waals surface area contributed by atoms with Crippen molar-refractivity contribution in [2.45, 2.75) is 13.5 Å². The van der Waals surface area contributed by atoms with Crippen LogP contribution in [-0.4, -0.2) is 23.4 Å². The molecule has 0 saturated carbocycles. The minimum Gasteiger partial charge on any atom is -0.470 e. The van der Waals surface area contributed by atoms with Crippen molar-refractivity contribution in [3.8, 4) is 17.1 Å². The molecule has 3 rings (SSSR count). The van der Waals surface area contributed by atoms with Gasteiger partial charge in [0.1, 0.15) is 18.1 Å². The SMILES string of the molecule is COC(=O)c1cc(OCc2c(-c3ccccc3)noc2C)no1. The molecule has 0 amide bonds. The number of carbonyl (C=O) groups is 1. The van der Waals surface area contributed by atoms with Gasteiger partial charge < -0.3 is 18.5 Å². The number of rotatable bonds is 5. The molecular formula is C16H14N2O5. The van der Waals surface area contributed by atoms with E-state index in [0.29, 0.717) is 11.5 Å². The molecule has 3 aromatic rings. The Kier molecular flexibility index (Phi) is 4.09. The summed E-state index contributed by atoms with van der Waals surface area (Å²) in [5, 5.41) is 7.74. The van der Waals surface area contributed by atoms with Gasteiger partial charge in [0.2, 0.25) is 5.76 Å². The Labute approximate surface area is 131 Å². The molecule has 0 bridgehead atoms. The van der Waals surface area contributed by atoms with E-state index in [-0.39, 0.29) is 18.2 Å². The summed E-state index contributed by atoms with van der Waals surface area (Å²) in [4.78, 5) is 11.3. The van der Waals surface area contributed by atoms with Crippen LogP contribution in [0.1, 0.15) is 21.9 Å². The first-order valence-electron chi connectivity index (χ1n) is 6.87. The molecule has 118 valence electrons. The molecule has 0 saturated heterocycles. The Morgan fingerprint density at radius 3 is 2.70 bits per heavy atom. The molecule has 0 fully saturated rings. The number of hydrogen-bond acceptors (Lipinski definition) is 7. The molecule has 2 aromatic heterocycles. The zero-order chi connectivity index (χ0) is 16.2. The molecule has 2 heterocycles. The van der Waals surface area contributed by atoms with E-state index in [0.717, 1.165) is 11.1 Å². The minimum absolute atomic E-state index is 0.0205. The highest BCUT2D eigenvalue weighted by Gasteiger charge is 2.18. The van der Waals surface area contributed by atoms with E-state index >= 15 is 0 Å². The summed E-state index contributed by atoms with van der Waals surface area (Å²) in [6.45, 7) is 1.99. The zero-order valence-electron chi connectivity index (χ0n) is 12.6. The minimum atomic E-state index is -0.613. The second-order valence-electron chi connectivity index (χ2n) is 4.74. The number of hydrogen-bond donors (Lipinski definition) is 0. The molecule has 0 atom stereocenters. The number of aryl methyl sites for hydroxylation is 1. The monoisotopic (exact) mass is 314 g/mol. The molecule has 1 aromatic carbocycles. The predicted octanol–water partition coefficient (Wildman–Crippen LogP) is 3.00. The molecule has 23 heavy (non-hydrogen) atoms. The highest BCUT2D eigenvalue weighted by Crippen LogP contribution is 2.26. The average molecular weight is 314 g/mol. The highest BCUT2D eigenvalue weighted by molar-refractivity contribution is 5.86. The first-order valence-corrected chi connectivity index (χ1v) is 6.87. The van der Waals surface area contributed by atoms with Crippen molar-refractivity contribution in [3.05, 3.63) is 53.5 Å². The smallest absolute Gasteiger partial charge is 0.377 e. The largest absolute Gasteiger partial charge is 0.470 e. The molecular weight excluding hydrogens is 300 g/mol. The van der Waals surface area contributed by atoms with Gasteiger partial charge in [0.15, 0.2) is 0 Å². The number of ether oxygens (including phenoxy) is 2. The number of esters is 1.